The summed E-state index contributed by atoms with van der Waals surface area (Å²) in [6, 6.07) is 3.21. The molecule has 0 saturated heterocycles. The average molecular weight is 282 g/mol. The molecule has 100 valence electrons. The number of aromatic nitrogens is 1. The summed E-state index contributed by atoms with van der Waals surface area (Å²) in [6.07, 6.45) is 0. The van der Waals surface area contributed by atoms with Gasteiger partial charge in [-0.1, -0.05) is 22.8 Å². The van der Waals surface area contributed by atoms with Crippen LogP contribution in [0.5, 0.6) is 5.75 Å². The van der Waals surface area contributed by atoms with Crippen LogP contribution in [-0.2, 0) is 0 Å². The topological polar surface area (TPSA) is 72.6 Å². The van der Waals surface area contributed by atoms with Gasteiger partial charge in [-0.3, -0.25) is 0 Å². The van der Waals surface area contributed by atoms with Gasteiger partial charge in [0.05, 0.1) is 17.7 Å². The number of nitrogens with zero attached hydrogens (tertiary/aromatic N) is 1. The van der Waals surface area contributed by atoms with Crippen LogP contribution >= 0.6 is 11.6 Å². The van der Waals surface area contributed by atoms with Gasteiger partial charge in [-0.2, -0.15) is 0 Å². The van der Waals surface area contributed by atoms with Crippen molar-refractivity contribution in [3.05, 3.63) is 34.0 Å². The Morgan fingerprint density at radius 2 is 2.05 bits per heavy atom. The maximum absolute atomic E-state index is 10.8. The number of rotatable bonds is 3. The van der Waals surface area contributed by atoms with Crippen LogP contribution in [0.3, 0.4) is 0 Å². The molecule has 0 aliphatic heterocycles. The molecule has 2 rings (SSSR count). The Balaban J connectivity index is 2.69. The second kappa shape index (κ2) is 4.93. The molecule has 0 aliphatic carbocycles. The molecule has 0 bridgehead atoms. The highest BCUT2D eigenvalue weighted by atomic mass is 35.5. The third-order valence-electron chi connectivity index (χ3n) is 2.76. The van der Waals surface area contributed by atoms with E-state index in [-0.39, 0.29) is 11.5 Å². The van der Waals surface area contributed by atoms with Gasteiger partial charge in [0.1, 0.15) is 5.75 Å². The summed E-state index contributed by atoms with van der Waals surface area (Å²) in [4.78, 5) is 10.8. The van der Waals surface area contributed by atoms with Gasteiger partial charge < -0.3 is 14.4 Å². The number of carbonyl (C=O) groups is 1. The second-order valence-corrected chi connectivity index (χ2v) is 4.49. The molecule has 0 radical (unpaired) electrons. The van der Waals surface area contributed by atoms with E-state index in [2.05, 4.69) is 5.16 Å². The molecule has 0 spiro atoms. The minimum Gasteiger partial charge on any atom is -0.496 e. The quantitative estimate of drug-likeness (QED) is 0.934. The molecular formula is C13H12ClNO4. The summed E-state index contributed by atoms with van der Waals surface area (Å²) in [6.45, 7) is 3.73. The van der Waals surface area contributed by atoms with Gasteiger partial charge in [-0.05, 0) is 25.0 Å². The normalized spacial score (nSPS) is 10.5. The molecule has 0 amide bonds. The number of halogens is 1. The zero-order chi connectivity index (χ0) is 14.2. The second-order valence-electron chi connectivity index (χ2n) is 4.11. The van der Waals surface area contributed by atoms with Gasteiger partial charge in [-0.15, -0.1) is 0 Å². The van der Waals surface area contributed by atoms with Crippen molar-refractivity contribution in [3.63, 3.8) is 0 Å². The minimum absolute atomic E-state index is 0.174. The molecule has 19 heavy (non-hydrogen) atoms. The Morgan fingerprint density at radius 1 is 1.37 bits per heavy atom. The number of ether oxygens (including phenoxy) is 1. The number of aromatic carboxylic acids is 1. The summed E-state index contributed by atoms with van der Waals surface area (Å²) >= 11 is 6.26. The zero-order valence-electron chi connectivity index (χ0n) is 10.7. The fourth-order valence-electron chi connectivity index (χ4n) is 1.92. The summed E-state index contributed by atoms with van der Waals surface area (Å²) in [5.41, 5.74) is 2.07. The molecule has 0 aliphatic rings. The Morgan fingerprint density at radius 3 is 2.58 bits per heavy atom. The lowest BCUT2D eigenvalue weighted by Crippen LogP contribution is -1.95. The van der Waals surface area contributed by atoms with E-state index in [0.29, 0.717) is 16.3 Å². The smallest absolute Gasteiger partial charge is 0.358 e. The molecule has 6 heteroatoms. The predicted molar refractivity (Wildman–Crippen MR) is 69.9 cm³/mol. The lowest BCUT2D eigenvalue weighted by atomic mass is 10.0. The first-order valence-corrected chi connectivity index (χ1v) is 5.87. The van der Waals surface area contributed by atoms with Crippen molar-refractivity contribution in [2.45, 2.75) is 13.8 Å². The van der Waals surface area contributed by atoms with Crippen LogP contribution in [0.25, 0.3) is 11.3 Å². The van der Waals surface area contributed by atoms with Gasteiger partial charge >= 0.3 is 5.97 Å². The molecule has 1 N–H and O–H groups in total. The van der Waals surface area contributed by atoms with Gasteiger partial charge in [0, 0.05) is 6.07 Å². The first-order chi connectivity index (χ1) is 8.95. The molecular weight excluding hydrogens is 270 g/mol. The molecule has 1 heterocycles. The highest BCUT2D eigenvalue weighted by molar-refractivity contribution is 6.34. The van der Waals surface area contributed by atoms with Gasteiger partial charge in [0.25, 0.3) is 0 Å². The van der Waals surface area contributed by atoms with Crippen molar-refractivity contribution >= 4 is 17.6 Å². The first kappa shape index (κ1) is 13.4. The lowest BCUT2D eigenvalue weighted by molar-refractivity contribution is 0.0686. The number of aryl methyl sites for hydroxylation is 2. The largest absolute Gasteiger partial charge is 0.496 e. The van der Waals surface area contributed by atoms with Gasteiger partial charge in [0.2, 0.25) is 0 Å². The fourth-order valence-corrected chi connectivity index (χ4v) is 2.16. The zero-order valence-corrected chi connectivity index (χ0v) is 11.4. The van der Waals surface area contributed by atoms with Gasteiger partial charge in [-0.25, -0.2) is 4.79 Å². The number of benzene rings is 1. The molecule has 0 unspecified atom stereocenters. The van der Waals surface area contributed by atoms with E-state index in [1.165, 1.54) is 13.2 Å². The van der Waals surface area contributed by atoms with E-state index in [4.69, 9.17) is 26.0 Å². The first-order valence-electron chi connectivity index (χ1n) is 5.49. The van der Waals surface area contributed by atoms with Gasteiger partial charge in [0.15, 0.2) is 11.5 Å². The summed E-state index contributed by atoms with van der Waals surface area (Å²) in [7, 11) is 1.52. The van der Waals surface area contributed by atoms with E-state index < -0.39 is 5.97 Å². The Bertz CT molecular complexity index is 648. The lowest BCUT2D eigenvalue weighted by Gasteiger charge is -2.13. The van der Waals surface area contributed by atoms with Crippen LogP contribution in [-0.4, -0.2) is 23.3 Å². The highest BCUT2D eigenvalue weighted by Crippen LogP contribution is 2.41. The molecule has 1 aromatic heterocycles. The van der Waals surface area contributed by atoms with E-state index in [9.17, 15) is 4.79 Å². The maximum atomic E-state index is 10.8. The summed E-state index contributed by atoms with van der Waals surface area (Å²) in [5, 5.41) is 12.8. The Kier molecular flexibility index (Phi) is 3.48. The van der Waals surface area contributed by atoms with E-state index in [0.717, 1.165) is 11.1 Å². The van der Waals surface area contributed by atoms with Crippen LogP contribution in [0, 0.1) is 13.8 Å². The number of hydrogen-bond donors (Lipinski definition) is 1. The standard InChI is InChI=1S/C13H12ClNO4/c1-6-4-7(2)12(18-3)10(11(6)14)9-5-8(13(16)17)15-19-9/h4-5H,1-3H3,(H,16,17). The average Bonchev–Trinajstić information content (AvgIpc) is 2.82. The maximum Gasteiger partial charge on any atom is 0.358 e. The molecule has 5 nitrogen and oxygen atoms in total. The third-order valence-corrected chi connectivity index (χ3v) is 3.25. The van der Waals surface area contributed by atoms with E-state index >= 15 is 0 Å². The number of carboxylic acid groups (broad SMARTS) is 1. The van der Waals surface area contributed by atoms with Crippen molar-refractivity contribution < 1.29 is 19.2 Å². The molecule has 1 aromatic carbocycles. The minimum atomic E-state index is -1.16. The van der Waals surface area contributed by atoms with Crippen molar-refractivity contribution in [2.24, 2.45) is 0 Å². The van der Waals surface area contributed by atoms with Crippen LogP contribution in [0.2, 0.25) is 5.02 Å². The third kappa shape index (κ3) is 2.29. The summed E-state index contributed by atoms with van der Waals surface area (Å²) in [5.74, 6) is -0.343. The van der Waals surface area contributed by atoms with Crippen molar-refractivity contribution in [1.82, 2.24) is 5.16 Å². The van der Waals surface area contributed by atoms with Crippen LogP contribution in [0.4, 0.5) is 0 Å². The summed E-state index contributed by atoms with van der Waals surface area (Å²) < 4.78 is 10.4. The predicted octanol–water partition coefficient (Wildman–Crippen LogP) is 3.32. The van der Waals surface area contributed by atoms with Crippen LogP contribution < -0.4 is 4.74 Å². The van der Waals surface area contributed by atoms with Crippen molar-refractivity contribution in [2.75, 3.05) is 7.11 Å². The fraction of sp³-hybridized carbons (Fsp3) is 0.231. The van der Waals surface area contributed by atoms with Crippen LogP contribution in [0.15, 0.2) is 16.7 Å². The molecule has 0 saturated carbocycles. The molecule has 0 atom stereocenters. The Labute approximate surface area is 114 Å². The highest BCUT2D eigenvalue weighted by Gasteiger charge is 2.21. The SMILES string of the molecule is COc1c(C)cc(C)c(Cl)c1-c1cc(C(=O)O)no1. The van der Waals surface area contributed by atoms with E-state index in [1.807, 2.05) is 19.9 Å². The number of hydrogen-bond acceptors (Lipinski definition) is 4. The number of carboxylic acids is 1. The van der Waals surface area contributed by atoms with Crippen molar-refractivity contribution in [1.29, 1.82) is 0 Å². The Hall–Kier alpha value is -2.01. The van der Waals surface area contributed by atoms with Crippen molar-refractivity contribution in [3.8, 4) is 17.1 Å². The molecule has 0 fully saturated rings. The monoisotopic (exact) mass is 281 g/mol. The molecule has 2 aromatic rings. The number of methoxy groups -OCH3 is 1. The van der Waals surface area contributed by atoms with Crippen LogP contribution in [0.1, 0.15) is 21.6 Å². The van der Waals surface area contributed by atoms with E-state index in [1.54, 1.807) is 0 Å².